The number of aromatic nitrogens is 5. The summed E-state index contributed by atoms with van der Waals surface area (Å²) < 4.78 is 44.2. The van der Waals surface area contributed by atoms with Crippen molar-refractivity contribution in [3.63, 3.8) is 0 Å². The minimum atomic E-state index is -4.57. The molecule has 22 heavy (non-hydrogen) atoms. The third-order valence-electron chi connectivity index (χ3n) is 2.99. The molecule has 0 aromatic carbocycles. The minimum absolute atomic E-state index is 0.110. The van der Waals surface area contributed by atoms with Gasteiger partial charge in [0, 0.05) is 18.7 Å². The van der Waals surface area contributed by atoms with Crippen molar-refractivity contribution < 1.29 is 17.7 Å². The first-order valence-electron chi connectivity index (χ1n) is 6.84. The number of tetrazole rings is 1. The van der Waals surface area contributed by atoms with Gasteiger partial charge in [-0.1, -0.05) is 24.1 Å². The Hall–Kier alpha value is -2.13. The molecule has 2 aromatic rings. The second-order valence-corrected chi connectivity index (χ2v) is 5.26. The molecule has 0 atom stereocenters. The van der Waals surface area contributed by atoms with Crippen molar-refractivity contribution in [1.82, 2.24) is 25.4 Å². The molecule has 0 N–H and O–H groups in total. The first-order chi connectivity index (χ1) is 10.3. The Morgan fingerprint density at radius 2 is 2.09 bits per heavy atom. The largest absolute Gasteiger partial charge is 0.437 e. The molecule has 0 amide bonds. The van der Waals surface area contributed by atoms with E-state index in [4.69, 9.17) is 0 Å². The summed E-state index contributed by atoms with van der Waals surface area (Å²) in [5.41, 5.74) is -1.16. The highest BCUT2D eigenvalue weighted by Gasteiger charge is 2.37. The molecule has 0 aliphatic carbocycles. The molecule has 0 spiro atoms. The molecule has 2 aromatic heterocycles. The van der Waals surface area contributed by atoms with Gasteiger partial charge in [-0.25, -0.2) is 4.68 Å². The van der Waals surface area contributed by atoms with E-state index in [0.29, 0.717) is 25.0 Å². The summed E-state index contributed by atoms with van der Waals surface area (Å²) in [6, 6.07) is 0. The quantitative estimate of drug-likeness (QED) is 0.813. The Labute approximate surface area is 125 Å². The van der Waals surface area contributed by atoms with Gasteiger partial charge in [-0.3, -0.25) is 0 Å². The third-order valence-corrected chi connectivity index (χ3v) is 2.99. The van der Waals surface area contributed by atoms with E-state index in [2.05, 4.69) is 25.2 Å². The Balaban J connectivity index is 2.25. The van der Waals surface area contributed by atoms with E-state index in [1.165, 1.54) is 4.68 Å². The molecule has 0 aliphatic heterocycles. The summed E-state index contributed by atoms with van der Waals surface area (Å²) in [5, 5.41) is 14.3. The molecule has 122 valence electrons. The molecule has 0 unspecified atom stereocenters. The molecular formula is C12H17F3N6O. The Morgan fingerprint density at radius 1 is 1.36 bits per heavy atom. The van der Waals surface area contributed by atoms with E-state index in [-0.39, 0.29) is 12.1 Å². The fourth-order valence-corrected chi connectivity index (χ4v) is 2.09. The van der Waals surface area contributed by atoms with Gasteiger partial charge in [-0.15, -0.1) is 0 Å². The van der Waals surface area contributed by atoms with Crippen molar-refractivity contribution in [1.29, 1.82) is 0 Å². The van der Waals surface area contributed by atoms with E-state index >= 15 is 0 Å². The average molecular weight is 318 g/mol. The van der Waals surface area contributed by atoms with Crippen molar-refractivity contribution in [3.8, 4) is 0 Å². The van der Waals surface area contributed by atoms with Crippen LogP contribution in [0.1, 0.15) is 32.0 Å². The molecule has 10 heteroatoms. The monoisotopic (exact) mass is 318 g/mol. The lowest BCUT2D eigenvalue weighted by atomic mass is 10.2. The zero-order valence-corrected chi connectivity index (χ0v) is 12.5. The Morgan fingerprint density at radius 3 is 2.68 bits per heavy atom. The van der Waals surface area contributed by atoms with E-state index in [1.807, 2.05) is 25.7 Å². The van der Waals surface area contributed by atoms with Gasteiger partial charge in [-0.2, -0.15) is 13.2 Å². The molecule has 7 nitrogen and oxygen atoms in total. The van der Waals surface area contributed by atoms with Gasteiger partial charge in [0.15, 0.2) is 5.69 Å². The van der Waals surface area contributed by atoms with E-state index in [0.717, 1.165) is 6.26 Å². The van der Waals surface area contributed by atoms with Crippen molar-refractivity contribution in [2.75, 3.05) is 18.0 Å². The van der Waals surface area contributed by atoms with Crippen LogP contribution in [0.3, 0.4) is 0 Å². The normalized spacial score (nSPS) is 12.1. The van der Waals surface area contributed by atoms with Gasteiger partial charge in [0.25, 0.3) is 0 Å². The highest BCUT2D eigenvalue weighted by atomic mass is 19.4. The molecular weight excluding hydrogens is 301 g/mol. The first kappa shape index (κ1) is 16.2. The fourth-order valence-electron chi connectivity index (χ4n) is 2.09. The molecule has 0 radical (unpaired) electrons. The van der Waals surface area contributed by atoms with Gasteiger partial charge in [0.05, 0.1) is 6.54 Å². The number of rotatable bonds is 6. The van der Waals surface area contributed by atoms with Crippen molar-refractivity contribution in [2.24, 2.45) is 5.92 Å². The lowest BCUT2D eigenvalue weighted by Gasteiger charge is -2.23. The smallest absolute Gasteiger partial charge is 0.364 e. The zero-order valence-electron chi connectivity index (χ0n) is 12.5. The maximum atomic E-state index is 12.8. The van der Waals surface area contributed by atoms with Gasteiger partial charge in [0.2, 0.25) is 5.95 Å². The van der Waals surface area contributed by atoms with Crippen molar-refractivity contribution >= 4 is 5.95 Å². The van der Waals surface area contributed by atoms with Crippen LogP contribution >= 0.6 is 0 Å². The molecule has 2 rings (SSSR count). The highest BCUT2D eigenvalue weighted by molar-refractivity contribution is 5.29. The number of halogens is 3. The topological polar surface area (TPSA) is 72.9 Å². The zero-order chi connectivity index (χ0) is 16.3. The van der Waals surface area contributed by atoms with E-state index in [1.54, 1.807) is 0 Å². The molecule has 0 bridgehead atoms. The summed E-state index contributed by atoms with van der Waals surface area (Å²) in [4.78, 5) is 1.91. The minimum Gasteiger partial charge on any atom is -0.364 e. The summed E-state index contributed by atoms with van der Waals surface area (Å²) in [6.07, 6.45) is -3.61. The van der Waals surface area contributed by atoms with Crippen LogP contribution < -0.4 is 4.90 Å². The number of anilines is 1. The summed E-state index contributed by atoms with van der Waals surface area (Å²) in [5.74, 6) is 0.789. The molecule has 0 aliphatic rings. The lowest BCUT2D eigenvalue weighted by molar-refractivity contribution is -0.143. The predicted molar refractivity (Wildman–Crippen MR) is 71.1 cm³/mol. The number of alkyl halides is 3. The van der Waals surface area contributed by atoms with E-state index in [9.17, 15) is 13.2 Å². The van der Waals surface area contributed by atoms with Crippen LogP contribution in [0, 0.1) is 5.92 Å². The molecule has 0 fully saturated rings. The first-order valence-corrected chi connectivity index (χ1v) is 6.84. The lowest BCUT2D eigenvalue weighted by Crippen LogP contribution is -2.30. The van der Waals surface area contributed by atoms with Crippen LogP contribution in [0.4, 0.5) is 19.1 Å². The van der Waals surface area contributed by atoms with Crippen LogP contribution in [-0.2, 0) is 12.7 Å². The van der Waals surface area contributed by atoms with Crippen LogP contribution in [0.15, 0.2) is 10.8 Å². The second-order valence-electron chi connectivity index (χ2n) is 5.26. The predicted octanol–water partition coefficient (Wildman–Crippen LogP) is 2.21. The number of nitrogens with zero attached hydrogens (tertiary/aromatic N) is 6. The Kier molecular flexibility index (Phi) is 4.67. The van der Waals surface area contributed by atoms with Crippen LogP contribution in [0.25, 0.3) is 0 Å². The maximum absolute atomic E-state index is 12.8. The van der Waals surface area contributed by atoms with Crippen LogP contribution in [0.5, 0.6) is 0 Å². The van der Waals surface area contributed by atoms with Gasteiger partial charge in [-0.05, 0) is 23.3 Å². The molecule has 0 saturated carbocycles. The maximum Gasteiger partial charge on any atom is 0.437 e. The summed E-state index contributed by atoms with van der Waals surface area (Å²) >= 11 is 0. The van der Waals surface area contributed by atoms with Gasteiger partial charge >= 0.3 is 6.18 Å². The Bertz CT molecular complexity index is 606. The van der Waals surface area contributed by atoms with Crippen molar-refractivity contribution in [3.05, 3.63) is 17.5 Å². The fraction of sp³-hybridized carbons (Fsp3) is 0.667. The number of hydrogen-bond donors (Lipinski definition) is 0. The van der Waals surface area contributed by atoms with Gasteiger partial charge < -0.3 is 9.42 Å². The summed E-state index contributed by atoms with van der Waals surface area (Å²) in [7, 11) is 0. The van der Waals surface area contributed by atoms with Crippen molar-refractivity contribution in [2.45, 2.75) is 33.5 Å². The molecule has 0 saturated heterocycles. The standard InChI is InChI=1S/C12H17F3N6O/c1-4-20(5-8(2)3)11-16-18-19-21(11)6-9-7-22-17-10(9)12(13,14)15/h7-8H,4-6H2,1-3H3. The second kappa shape index (κ2) is 6.32. The highest BCUT2D eigenvalue weighted by Crippen LogP contribution is 2.31. The SMILES string of the molecule is CCN(CC(C)C)c1nnnn1Cc1conc1C(F)(F)F. The number of hydrogen-bond acceptors (Lipinski definition) is 6. The van der Waals surface area contributed by atoms with Crippen LogP contribution in [0.2, 0.25) is 0 Å². The average Bonchev–Trinajstić information content (AvgIpc) is 3.04. The molecule has 2 heterocycles. The van der Waals surface area contributed by atoms with Gasteiger partial charge in [0.1, 0.15) is 6.26 Å². The third kappa shape index (κ3) is 3.55. The van der Waals surface area contributed by atoms with E-state index < -0.39 is 11.9 Å². The van der Waals surface area contributed by atoms with Crippen LogP contribution in [-0.4, -0.2) is 38.5 Å². The summed E-state index contributed by atoms with van der Waals surface area (Å²) in [6.45, 7) is 7.20.